The average Bonchev–Trinajstić information content (AvgIpc) is 2.65. The topological polar surface area (TPSA) is 67.9 Å². The third kappa shape index (κ3) is 4.09. The van der Waals surface area contributed by atoms with E-state index in [1.165, 1.54) is 6.92 Å². The first kappa shape index (κ1) is 17.2. The van der Waals surface area contributed by atoms with Gasteiger partial charge in [-0.15, -0.1) is 0 Å². The van der Waals surface area contributed by atoms with E-state index in [1.54, 1.807) is 12.0 Å². The lowest BCUT2D eigenvalue weighted by Gasteiger charge is -2.33. The summed E-state index contributed by atoms with van der Waals surface area (Å²) in [7, 11) is 1.65. The number of morpholine rings is 1. The van der Waals surface area contributed by atoms with Crippen LogP contribution in [0.15, 0.2) is 36.4 Å². The first-order valence-electron chi connectivity index (χ1n) is 8.28. The Kier molecular flexibility index (Phi) is 5.19. The van der Waals surface area contributed by atoms with Gasteiger partial charge >= 0.3 is 0 Å². The summed E-state index contributed by atoms with van der Waals surface area (Å²) in [6.07, 6.45) is -0.165. The van der Waals surface area contributed by atoms with Gasteiger partial charge in [-0.05, 0) is 34.5 Å². The average molecular weight is 342 g/mol. The summed E-state index contributed by atoms with van der Waals surface area (Å²) in [5, 5.41) is 4.74. The summed E-state index contributed by atoms with van der Waals surface area (Å²) < 4.78 is 11.1. The van der Waals surface area contributed by atoms with Gasteiger partial charge in [0.2, 0.25) is 11.8 Å². The summed E-state index contributed by atoms with van der Waals surface area (Å²) in [6, 6.07) is 12.1. The smallest absolute Gasteiger partial charge is 0.242 e. The van der Waals surface area contributed by atoms with E-state index in [2.05, 4.69) is 11.4 Å². The molecule has 0 bridgehead atoms. The summed E-state index contributed by atoms with van der Waals surface area (Å²) >= 11 is 0. The Labute approximate surface area is 146 Å². The molecule has 0 unspecified atom stereocenters. The van der Waals surface area contributed by atoms with E-state index in [0.717, 1.165) is 22.1 Å². The molecule has 1 N–H and O–H groups in total. The zero-order valence-electron chi connectivity index (χ0n) is 14.5. The molecule has 0 radical (unpaired) electrons. The number of carbonyl (C=O) groups excluding carboxylic acids is 2. The maximum atomic E-state index is 12.2. The molecule has 1 atom stereocenters. The maximum absolute atomic E-state index is 12.2. The number of nitrogens with zero attached hydrogens (tertiary/aromatic N) is 1. The Morgan fingerprint density at radius 3 is 2.76 bits per heavy atom. The van der Waals surface area contributed by atoms with E-state index in [1.807, 2.05) is 30.3 Å². The molecule has 2 aromatic rings. The van der Waals surface area contributed by atoms with Crippen LogP contribution < -0.4 is 10.1 Å². The second kappa shape index (κ2) is 7.53. The van der Waals surface area contributed by atoms with Gasteiger partial charge in [-0.25, -0.2) is 0 Å². The van der Waals surface area contributed by atoms with Crippen molar-refractivity contribution in [2.24, 2.45) is 0 Å². The van der Waals surface area contributed by atoms with Crippen molar-refractivity contribution < 1.29 is 19.1 Å². The molecule has 0 spiro atoms. The Balaban J connectivity index is 1.73. The van der Waals surface area contributed by atoms with E-state index in [9.17, 15) is 9.59 Å². The number of methoxy groups -OCH3 is 1. The minimum absolute atomic E-state index is 0.0273. The molecule has 132 valence electrons. The molecule has 6 heteroatoms. The Bertz CT molecular complexity index is 790. The van der Waals surface area contributed by atoms with Crippen molar-refractivity contribution >= 4 is 22.6 Å². The monoisotopic (exact) mass is 342 g/mol. The molecule has 0 saturated carbocycles. The van der Waals surface area contributed by atoms with Crippen molar-refractivity contribution in [3.63, 3.8) is 0 Å². The third-order valence-corrected chi connectivity index (χ3v) is 4.35. The highest BCUT2D eigenvalue weighted by molar-refractivity contribution is 5.85. The largest absolute Gasteiger partial charge is 0.497 e. The van der Waals surface area contributed by atoms with Crippen molar-refractivity contribution in [2.75, 3.05) is 33.4 Å². The van der Waals surface area contributed by atoms with E-state index < -0.39 is 0 Å². The summed E-state index contributed by atoms with van der Waals surface area (Å²) in [5.74, 6) is 0.529. The molecular weight excluding hydrogens is 320 g/mol. The fourth-order valence-electron chi connectivity index (χ4n) is 2.96. The van der Waals surface area contributed by atoms with Gasteiger partial charge in [-0.1, -0.05) is 18.2 Å². The van der Waals surface area contributed by atoms with Gasteiger partial charge < -0.3 is 19.7 Å². The standard InChI is InChI=1S/C19H22N2O4/c1-13(22)20-11-19(23)21-7-8-25-18(12-21)16-4-3-15-10-17(24-2)6-5-14(15)9-16/h3-6,9-10,18H,7-8,11-12H2,1-2H3,(H,20,22)/t18-/m1/s1. The van der Waals surface area contributed by atoms with Crippen LogP contribution in [0.25, 0.3) is 10.8 Å². The minimum Gasteiger partial charge on any atom is -0.497 e. The molecule has 2 aromatic carbocycles. The summed E-state index contributed by atoms with van der Waals surface area (Å²) in [5.41, 5.74) is 1.04. The van der Waals surface area contributed by atoms with Crippen LogP contribution in [0.5, 0.6) is 5.75 Å². The van der Waals surface area contributed by atoms with Crippen LogP contribution in [-0.4, -0.2) is 50.1 Å². The molecule has 1 aliphatic rings. The molecule has 0 aliphatic carbocycles. The number of nitrogens with one attached hydrogen (secondary N) is 1. The van der Waals surface area contributed by atoms with Crippen LogP contribution in [0.1, 0.15) is 18.6 Å². The molecule has 0 aromatic heterocycles. The normalized spacial score (nSPS) is 17.4. The quantitative estimate of drug-likeness (QED) is 0.921. The van der Waals surface area contributed by atoms with Crippen molar-refractivity contribution in [3.8, 4) is 5.75 Å². The second-order valence-electron chi connectivity index (χ2n) is 6.08. The van der Waals surface area contributed by atoms with E-state index in [-0.39, 0.29) is 24.5 Å². The third-order valence-electron chi connectivity index (χ3n) is 4.35. The molecule has 1 aliphatic heterocycles. The lowest BCUT2D eigenvalue weighted by atomic mass is 10.0. The number of rotatable bonds is 4. The fourth-order valence-corrected chi connectivity index (χ4v) is 2.96. The molecule has 1 fully saturated rings. The number of amides is 2. The number of hydrogen-bond donors (Lipinski definition) is 1. The highest BCUT2D eigenvalue weighted by Gasteiger charge is 2.25. The zero-order chi connectivity index (χ0) is 17.8. The van der Waals surface area contributed by atoms with Crippen LogP contribution in [0, 0.1) is 0 Å². The molecule has 1 saturated heterocycles. The molecular formula is C19H22N2O4. The number of ether oxygens (including phenoxy) is 2. The SMILES string of the molecule is COc1ccc2cc([C@H]3CN(C(=O)CNC(C)=O)CCO3)ccc2c1. The lowest BCUT2D eigenvalue weighted by Crippen LogP contribution is -2.46. The van der Waals surface area contributed by atoms with Gasteiger partial charge in [0.05, 0.1) is 26.8 Å². The Morgan fingerprint density at radius 1 is 1.24 bits per heavy atom. The van der Waals surface area contributed by atoms with Crippen molar-refractivity contribution in [2.45, 2.75) is 13.0 Å². The van der Waals surface area contributed by atoms with Crippen LogP contribution >= 0.6 is 0 Å². The van der Waals surface area contributed by atoms with Gasteiger partial charge in [-0.3, -0.25) is 9.59 Å². The van der Waals surface area contributed by atoms with E-state index in [4.69, 9.17) is 9.47 Å². The van der Waals surface area contributed by atoms with Crippen molar-refractivity contribution in [1.29, 1.82) is 0 Å². The van der Waals surface area contributed by atoms with Crippen LogP contribution in [0.2, 0.25) is 0 Å². The maximum Gasteiger partial charge on any atom is 0.242 e. The highest BCUT2D eigenvalue weighted by Crippen LogP contribution is 2.27. The van der Waals surface area contributed by atoms with Crippen molar-refractivity contribution in [3.05, 3.63) is 42.0 Å². The van der Waals surface area contributed by atoms with Crippen molar-refractivity contribution in [1.82, 2.24) is 10.2 Å². The number of benzene rings is 2. The highest BCUT2D eigenvalue weighted by atomic mass is 16.5. The Hall–Kier alpha value is -2.60. The van der Waals surface area contributed by atoms with Gasteiger partial charge in [0.1, 0.15) is 11.9 Å². The first-order chi connectivity index (χ1) is 12.1. The molecule has 3 rings (SSSR count). The Morgan fingerprint density at radius 2 is 2.00 bits per heavy atom. The van der Waals surface area contributed by atoms with Crippen LogP contribution in [0.3, 0.4) is 0 Å². The predicted molar refractivity (Wildman–Crippen MR) is 94.5 cm³/mol. The summed E-state index contributed by atoms with van der Waals surface area (Å²) in [4.78, 5) is 24.9. The second-order valence-corrected chi connectivity index (χ2v) is 6.08. The van der Waals surface area contributed by atoms with E-state index >= 15 is 0 Å². The van der Waals surface area contributed by atoms with Crippen LogP contribution in [-0.2, 0) is 14.3 Å². The number of fused-ring (bicyclic) bond motifs is 1. The number of carbonyl (C=O) groups is 2. The fraction of sp³-hybridized carbons (Fsp3) is 0.368. The summed E-state index contributed by atoms with van der Waals surface area (Å²) in [6.45, 7) is 2.94. The van der Waals surface area contributed by atoms with Gasteiger partial charge in [0, 0.05) is 13.5 Å². The zero-order valence-corrected chi connectivity index (χ0v) is 14.5. The predicted octanol–water partition coefficient (Wildman–Crippen LogP) is 1.88. The molecule has 2 amide bonds. The molecule has 25 heavy (non-hydrogen) atoms. The number of hydrogen-bond acceptors (Lipinski definition) is 4. The van der Waals surface area contributed by atoms with Gasteiger partial charge in [0.25, 0.3) is 0 Å². The minimum atomic E-state index is -0.205. The molecule has 6 nitrogen and oxygen atoms in total. The van der Waals surface area contributed by atoms with Crippen LogP contribution in [0.4, 0.5) is 0 Å². The van der Waals surface area contributed by atoms with E-state index in [0.29, 0.717) is 19.7 Å². The lowest BCUT2D eigenvalue weighted by molar-refractivity contribution is -0.139. The molecule has 1 heterocycles. The first-order valence-corrected chi connectivity index (χ1v) is 8.28. The van der Waals surface area contributed by atoms with Gasteiger partial charge in [-0.2, -0.15) is 0 Å². The van der Waals surface area contributed by atoms with Gasteiger partial charge in [0.15, 0.2) is 0 Å².